The molecule has 0 atom stereocenters. The van der Waals surface area contributed by atoms with Gasteiger partial charge in [0.2, 0.25) is 0 Å². The summed E-state index contributed by atoms with van der Waals surface area (Å²) >= 11 is 0. The zero-order valence-electron chi connectivity index (χ0n) is 11.8. The molecule has 1 N–H and O–H groups in total. The van der Waals surface area contributed by atoms with E-state index >= 15 is 0 Å². The summed E-state index contributed by atoms with van der Waals surface area (Å²) in [6.45, 7) is 4.31. The van der Waals surface area contributed by atoms with Gasteiger partial charge in [-0.3, -0.25) is 0 Å². The third-order valence-corrected chi connectivity index (χ3v) is 4.99. The summed E-state index contributed by atoms with van der Waals surface area (Å²) in [4.78, 5) is 0.370. The van der Waals surface area contributed by atoms with Crippen molar-refractivity contribution >= 4 is 15.5 Å². The first-order chi connectivity index (χ1) is 9.53. The molecule has 4 heteroatoms. The predicted octanol–water partition coefficient (Wildman–Crippen LogP) is 3.40. The minimum absolute atomic E-state index is 0.107. The van der Waals surface area contributed by atoms with Crippen molar-refractivity contribution in [3.8, 4) is 0 Å². The van der Waals surface area contributed by atoms with Crippen molar-refractivity contribution in [1.82, 2.24) is 0 Å². The molecule has 0 fully saturated rings. The van der Waals surface area contributed by atoms with Gasteiger partial charge in [-0.05, 0) is 24.6 Å². The molecular weight excluding hydrogens is 270 g/mol. The molecule has 0 bridgehead atoms. The van der Waals surface area contributed by atoms with E-state index in [1.165, 1.54) is 5.56 Å². The lowest BCUT2D eigenvalue weighted by Gasteiger charge is -2.12. The molecule has 2 rings (SSSR count). The van der Waals surface area contributed by atoms with E-state index in [2.05, 4.69) is 5.32 Å². The van der Waals surface area contributed by atoms with Crippen molar-refractivity contribution < 1.29 is 8.42 Å². The monoisotopic (exact) mass is 289 g/mol. The number of para-hydroxylation sites is 1. The zero-order valence-corrected chi connectivity index (χ0v) is 12.6. The summed E-state index contributed by atoms with van der Waals surface area (Å²) in [6, 6.07) is 15.2. The summed E-state index contributed by atoms with van der Waals surface area (Å²) in [5.74, 6) is 0.107. The normalized spacial score (nSPS) is 11.3. The van der Waals surface area contributed by atoms with Crippen molar-refractivity contribution in [2.45, 2.75) is 25.3 Å². The lowest BCUT2D eigenvalue weighted by Crippen LogP contribution is -2.09. The van der Waals surface area contributed by atoms with Crippen molar-refractivity contribution in [1.29, 1.82) is 0 Å². The number of nitrogens with one attached hydrogen (secondary N) is 1. The first-order valence-corrected chi connectivity index (χ1v) is 8.29. The Hall–Kier alpha value is -1.81. The van der Waals surface area contributed by atoms with Crippen LogP contribution in [-0.4, -0.2) is 14.2 Å². The third kappa shape index (κ3) is 3.39. The molecular formula is C16H19NO2S. The van der Waals surface area contributed by atoms with Crippen molar-refractivity contribution in [2.24, 2.45) is 0 Å². The maximum Gasteiger partial charge on any atom is 0.180 e. The topological polar surface area (TPSA) is 46.2 Å². The van der Waals surface area contributed by atoms with Gasteiger partial charge in [-0.1, -0.05) is 48.9 Å². The van der Waals surface area contributed by atoms with Gasteiger partial charge in [-0.25, -0.2) is 8.42 Å². The quantitative estimate of drug-likeness (QED) is 0.917. The number of sulfone groups is 1. The summed E-state index contributed by atoms with van der Waals surface area (Å²) in [5.41, 5.74) is 3.00. The molecule has 3 nitrogen and oxygen atoms in total. The Bertz CT molecular complexity index is 676. The van der Waals surface area contributed by atoms with Gasteiger partial charge in [0, 0.05) is 6.54 Å². The standard InChI is InChI=1S/C16H19NO2S/c1-3-20(18,19)16-7-5-4-6-15(16)17-12-14-10-8-13(2)9-11-14/h4-11,17H,3,12H2,1-2H3. The fourth-order valence-electron chi connectivity index (χ4n) is 1.94. The highest BCUT2D eigenvalue weighted by Crippen LogP contribution is 2.22. The number of rotatable bonds is 5. The molecule has 0 unspecified atom stereocenters. The Morgan fingerprint density at radius 3 is 2.30 bits per heavy atom. The Morgan fingerprint density at radius 1 is 1.00 bits per heavy atom. The molecule has 0 saturated carbocycles. The van der Waals surface area contributed by atoms with E-state index in [0.717, 1.165) is 5.56 Å². The number of hydrogen-bond donors (Lipinski definition) is 1. The van der Waals surface area contributed by atoms with E-state index < -0.39 is 9.84 Å². The zero-order chi connectivity index (χ0) is 14.6. The maximum atomic E-state index is 12.0. The second kappa shape index (κ2) is 6.09. The van der Waals surface area contributed by atoms with Gasteiger partial charge in [0.05, 0.1) is 16.3 Å². The lowest BCUT2D eigenvalue weighted by molar-refractivity contribution is 0.597. The summed E-state index contributed by atoms with van der Waals surface area (Å²) < 4.78 is 24.1. The highest BCUT2D eigenvalue weighted by atomic mass is 32.2. The van der Waals surface area contributed by atoms with Crippen LogP contribution in [-0.2, 0) is 16.4 Å². The van der Waals surface area contributed by atoms with Crippen LogP contribution in [0.15, 0.2) is 53.4 Å². The number of aryl methyl sites for hydroxylation is 1. The molecule has 106 valence electrons. The largest absolute Gasteiger partial charge is 0.380 e. The molecule has 0 aliphatic carbocycles. The molecule has 2 aromatic carbocycles. The molecule has 0 aromatic heterocycles. The van der Waals surface area contributed by atoms with Crippen LogP contribution >= 0.6 is 0 Å². The minimum Gasteiger partial charge on any atom is -0.380 e. The number of anilines is 1. The van der Waals surface area contributed by atoms with Crippen LogP contribution in [0.3, 0.4) is 0 Å². The van der Waals surface area contributed by atoms with Gasteiger partial charge in [0.15, 0.2) is 9.84 Å². The van der Waals surface area contributed by atoms with Crippen LogP contribution in [0.2, 0.25) is 0 Å². The highest BCUT2D eigenvalue weighted by molar-refractivity contribution is 7.91. The SMILES string of the molecule is CCS(=O)(=O)c1ccccc1NCc1ccc(C)cc1. The number of benzene rings is 2. The van der Waals surface area contributed by atoms with Crippen LogP contribution in [0.1, 0.15) is 18.1 Å². The predicted molar refractivity (Wildman–Crippen MR) is 82.7 cm³/mol. The van der Waals surface area contributed by atoms with E-state index in [-0.39, 0.29) is 5.75 Å². The fourth-order valence-corrected chi connectivity index (χ4v) is 3.01. The van der Waals surface area contributed by atoms with E-state index in [4.69, 9.17) is 0 Å². The molecule has 0 radical (unpaired) electrons. The summed E-state index contributed by atoms with van der Waals surface area (Å²) in [6.07, 6.45) is 0. The Labute approximate surface area is 120 Å². The smallest absolute Gasteiger partial charge is 0.180 e. The highest BCUT2D eigenvalue weighted by Gasteiger charge is 2.15. The van der Waals surface area contributed by atoms with Gasteiger partial charge in [0.1, 0.15) is 0 Å². The van der Waals surface area contributed by atoms with Gasteiger partial charge >= 0.3 is 0 Å². The van der Waals surface area contributed by atoms with Gasteiger partial charge in [-0.15, -0.1) is 0 Å². The fraction of sp³-hybridized carbons (Fsp3) is 0.250. The van der Waals surface area contributed by atoms with E-state index in [1.807, 2.05) is 37.3 Å². The van der Waals surface area contributed by atoms with E-state index in [9.17, 15) is 8.42 Å². The van der Waals surface area contributed by atoms with Crippen LogP contribution in [0.4, 0.5) is 5.69 Å². The minimum atomic E-state index is -3.20. The van der Waals surface area contributed by atoms with Crippen LogP contribution in [0, 0.1) is 6.92 Å². The third-order valence-electron chi connectivity index (χ3n) is 3.21. The lowest BCUT2D eigenvalue weighted by atomic mass is 10.1. The molecule has 0 aliphatic heterocycles. The van der Waals surface area contributed by atoms with Crippen LogP contribution in [0.25, 0.3) is 0 Å². The maximum absolute atomic E-state index is 12.0. The Morgan fingerprint density at radius 2 is 1.65 bits per heavy atom. The average molecular weight is 289 g/mol. The van der Waals surface area contributed by atoms with E-state index in [0.29, 0.717) is 17.1 Å². The molecule has 0 heterocycles. The molecule has 0 saturated heterocycles. The average Bonchev–Trinajstić information content (AvgIpc) is 2.47. The first-order valence-electron chi connectivity index (χ1n) is 6.64. The summed E-state index contributed by atoms with van der Waals surface area (Å²) in [7, 11) is -3.20. The second-order valence-electron chi connectivity index (χ2n) is 4.74. The number of hydrogen-bond acceptors (Lipinski definition) is 3. The van der Waals surface area contributed by atoms with Gasteiger partial charge in [0.25, 0.3) is 0 Å². The molecule has 2 aromatic rings. The molecule has 20 heavy (non-hydrogen) atoms. The van der Waals surface area contributed by atoms with Crippen molar-refractivity contribution in [3.63, 3.8) is 0 Å². The van der Waals surface area contributed by atoms with Crippen LogP contribution in [0.5, 0.6) is 0 Å². The van der Waals surface area contributed by atoms with E-state index in [1.54, 1.807) is 25.1 Å². The van der Waals surface area contributed by atoms with Crippen molar-refractivity contribution in [3.05, 3.63) is 59.7 Å². The Kier molecular flexibility index (Phi) is 4.45. The molecule has 0 spiro atoms. The van der Waals surface area contributed by atoms with Crippen LogP contribution < -0.4 is 5.32 Å². The van der Waals surface area contributed by atoms with Crippen molar-refractivity contribution in [2.75, 3.05) is 11.1 Å². The molecule has 0 aliphatic rings. The second-order valence-corrected chi connectivity index (χ2v) is 6.99. The molecule has 0 amide bonds. The summed E-state index contributed by atoms with van der Waals surface area (Å²) in [5, 5.41) is 3.21. The van der Waals surface area contributed by atoms with Gasteiger partial charge < -0.3 is 5.32 Å². The van der Waals surface area contributed by atoms with Gasteiger partial charge in [-0.2, -0.15) is 0 Å². The first kappa shape index (κ1) is 14.6. The Balaban J connectivity index is 2.20.